The lowest BCUT2D eigenvalue weighted by Crippen LogP contribution is -2.51. The summed E-state index contributed by atoms with van der Waals surface area (Å²) in [6.07, 6.45) is -3.61. The molecule has 1 aromatic rings. The fourth-order valence-corrected chi connectivity index (χ4v) is 2.77. The zero-order chi connectivity index (χ0) is 20.0. The molecule has 1 atom stereocenters. The largest absolute Gasteiger partial charge is 0.416 e. The summed E-state index contributed by atoms with van der Waals surface area (Å²) in [5.41, 5.74) is -0.156. The molecule has 2 rings (SSSR count). The zero-order valence-corrected chi connectivity index (χ0v) is 15.5. The molecule has 6 nitrogen and oxygen atoms in total. The summed E-state index contributed by atoms with van der Waals surface area (Å²) in [4.78, 5) is 27.3. The Balaban J connectivity index is 1.82. The molecule has 0 aromatic heterocycles. The number of piperazine rings is 1. The Bertz CT molecular complexity index is 658. The maximum atomic E-state index is 12.8. The van der Waals surface area contributed by atoms with E-state index in [1.54, 1.807) is 6.07 Å². The van der Waals surface area contributed by atoms with Crippen LogP contribution in [0.2, 0.25) is 0 Å². The Labute approximate surface area is 156 Å². The molecule has 0 radical (unpaired) electrons. The van der Waals surface area contributed by atoms with Crippen LogP contribution < -0.4 is 15.5 Å². The van der Waals surface area contributed by atoms with Gasteiger partial charge in [-0.15, -0.1) is 0 Å². The monoisotopic (exact) mass is 386 g/mol. The van der Waals surface area contributed by atoms with E-state index in [0.717, 1.165) is 18.6 Å². The van der Waals surface area contributed by atoms with Crippen molar-refractivity contribution in [2.24, 2.45) is 0 Å². The lowest BCUT2D eigenvalue weighted by Gasteiger charge is -2.35. The minimum absolute atomic E-state index is 0.0196. The zero-order valence-electron chi connectivity index (χ0n) is 15.5. The Morgan fingerprint density at radius 3 is 2.44 bits per heavy atom. The number of imide groups is 1. The predicted molar refractivity (Wildman–Crippen MR) is 96.5 cm³/mol. The van der Waals surface area contributed by atoms with Crippen LogP contribution in [-0.4, -0.2) is 55.6 Å². The normalized spacial score (nSPS) is 16.7. The summed E-state index contributed by atoms with van der Waals surface area (Å²) in [5.74, 6) is -0.400. The Morgan fingerprint density at radius 1 is 1.19 bits per heavy atom. The number of alkyl halides is 3. The maximum absolute atomic E-state index is 12.8. The lowest BCUT2D eigenvalue weighted by atomic mass is 10.1. The molecule has 150 valence electrons. The van der Waals surface area contributed by atoms with Crippen molar-refractivity contribution in [2.75, 3.05) is 37.6 Å². The molecular weight excluding hydrogens is 361 g/mol. The molecule has 1 fully saturated rings. The van der Waals surface area contributed by atoms with E-state index in [-0.39, 0.29) is 12.6 Å². The van der Waals surface area contributed by atoms with E-state index >= 15 is 0 Å². The SMILES string of the molecule is CC[C@H](C)NC(=O)NC(=O)CN1CCN(c2cccc(C(F)(F)F)c2)CC1. The molecule has 0 unspecified atom stereocenters. The summed E-state index contributed by atoms with van der Waals surface area (Å²) in [7, 11) is 0. The minimum atomic E-state index is -4.37. The van der Waals surface area contributed by atoms with Gasteiger partial charge in [-0.25, -0.2) is 4.79 Å². The number of hydrogen-bond acceptors (Lipinski definition) is 4. The number of halogens is 3. The number of rotatable bonds is 5. The smallest absolute Gasteiger partial charge is 0.369 e. The van der Waals surface area contributed by atoms with Crippen LogP contribution in [0.3, 0.4) is 0 Å². The summed E-state index contributed by atoms with van der Waals surface area (Å²) in [6, 6.07) is 4.70. The van der Waals surface area contributed by atoms with Gasteiger partial charge in [0, 0.05) is 37.9 Å². The molecule has 1 aliphatic heterocycles. The van der Waals surface area contributed by atoms with E-state index in [0.29, 0.717) is 31.9 Å². The van der Waals surface area contributed by atoms with Gasteiger partial charge in [-0.1, -0.05) is 13.0 Å². The van der Waals surface area contributed by atoms with Crippen molar-refractivity contribution in [3.05, 3.63) is 29.8 Å². The minimum Gasteiger partial charge on any atom is -0.369 e. The topological polar surface area (TPSA) is 64.7 Å². The number of benzene rings is 1. The second-order valence-electron chi connectivity index (χ2n) is 6.64. The molecule has 1 aliphatic rings. The predicted octanol–water partition coefficient (Wildman–Crippen LogP) is 2.45. The summed E-state index contributed by atoms with van der Waals surface area (Å²) in [6.45, 7) is 5.91. The van der Waals surface area contributed by atoms with Crippen LogP contribution in [0.25, 0.3) is 0 Å². The number of carbonyl (C=O) groups is 2. The highest BCUT2D eigenvalue weighted by atomic mass is 19.4. The summed E-state index contributed by atoms with van der Waals surface area (Å²) < 4.78 is 38.5. The van der Waals surface area contributed by atoms with E-state index in [1.807, 2.05) is 23.6 Å². The highest BCUT2D eigenvalue weighted by Gasteiger charge is 2.31. The average Bonchev–Trinajstić information content (AvgIpc) is 2.61. The molecule has 0 saturated carbocycles. The number of amides is 3. The number of hydrogen-bond donors (Lipinski definition) is 2. The molecule has 27 heavy (non-hydrogen) atoms. The summed E-state index contributed by atoms with van der Waals surface area (Å²) in [5, 5.41) is 4.94. The van der Waals surface area contributed by atoms with Gasteiger partial charge in [-0.2, -0.15) is 13.2 Å². The van der Waals surface area contributed by atoms with Gasteiger partial charge >= 0.3 is 12.2 Å². The molecule has 3 amide bonds. The number of nitrogens with zero attached hydrogens (tertiary/aromatic N) is 2. The second kappa shape index (κ2) is 9.07. The molecule has 1 heterocycles. The molecule has 0 bridgehead atoms. The van der Waals surface area contributed by atoms with Crippen LogP contribution in [0.15, 0.2) is 24.3 Å². The van der Waals surface area contributed by atoms with Gasteiger partial charge in [-0.05, 0) is 31.5 Å². The van der Waals surface area contributed by atoms with Crippen LogP contribution in [-0.2, 0) is 11.0 Å². The number of carbonyl (C=O) groups excluding carboxylic acids is 2. The van der Waals surface area contributed by atoms with Crippen molar-refractivity contribution in [3.8, 4) is 0 Å². The Morgan fingerprint density at radius 2 is 1.85 bits per heavy atom. The van der Waals surface area contributed by atoms with Crippen molar-refractivity contribution in [1.29, 1.82) is 0 Å². The first-order valence-electron chi connectivity index (χ1n) is 8.94. The highest BCUT2D eigenvalue weighted by molar-refractivity contribution is 5.95. The molecule has 1 saturated heterocycles. The van der Waals surface area contributed by atoms with Gasteiger partial charge in [0.2, 0.25) is 5.91 Å². The third kappa shape index (κ3) is 6.42. The molecule has 0 spiro atoms. The van der Waals surface area contributed by atoms with Gasteiger partial charge in [0.25, 0.3) is 0 Å². The van der Waals surface area contributed by atoms with E-state index in [2.05, 4.69) is 10.6 Å². The van der Waals surface area contributed by atoms with Crippen molar-refractivity contribution in [1.82, 2.24) is 15.5 Å². The molecule has 9 heteroatoms. The molecule has 1 aromatic carbocycles. The molecule has 2 N–H and O–H groups in total. The highest BCUT2D eigenvalue weighted by Crippen LogP contribution is 2.31. The van der Waals surface area contributed by atoms with Crippen LogP contribution in [0.1, 0.15) is 25.8 Å². The van der Waals surface area contributed by atoms with Crippen molar-refractivity contribution >= 4 is 17.6 Å². The Kier molecular flexibility index (Phi) is 7.06. The van der Waals surface area contributed by atoms with Crippen molar-refractivity contribution in [3.63, 3.8) is 0 Å². The molecule has 0 aliphatic carbocycles. The van der Waals surface area contributed by atoms with Crippen LogP contribution in [0.5, 0.6) is 0 Å². The van der Waals surface area contributed by atoms with Gasteiger partial charge in [0.1, 0.15) is 0 Å². The summed E-state index contributed by atoms with van der Waals surface area (Å²) >= 11 is 0. The van der Waals surface area contributed by atoms with Crippen molar-refractivity contribution < 1.29 is 22.8 Å². The maximum Gasteiger partial charge on any atom is 0.416 e. The van der Waals surface area contributed by atoms with Gasteiger partial charge in [0.15, 0.2) is 0 Å². The van der Waals surface area contributed by atoms with Gasteiger partial charge < -0.3 is 10.2 Å². The average molecular weight is 386 g/mol. The fraction of sp³-hybridized carbons (Fsp3) is 0.556. The third-order valence-corrected chi connectivity index (χ3v) is 4.52. The van der Waals surface area contributed by atoms with Crippen LogP contribution in [0, 0.1) is 0 Å². The third-order valence-electron chi connectivity index (χ3n) is 4.52. The lowest BCUT2D eigenvalue weighted by molar-refractivity contribution is -0.137. The standard InChI is InChI=1S/C18H25F3N4O2/c1-3-13(2)22-17(27)23-16(26)12-24-7-9-25(10-8-24)15-6-4-5-14(11-15)18(19,20)21/h4-6,11,13H,3,7-10,12H2,1-2H3,(H2,22,23,26,27)/t13-/m0/s1. The molecular formula is C18H25F3N4O2. The van der Waals surface area contributed by atoms with E-state index in [1.165, 1.54) is 6.07 Å². The van der Waals surface area contributed by atoms with E-state index in [4.69, 9.17) is 0 Å². The number of anilines is 1. The first kappa shape index (κ1) is 21.0. The Hall–Kier alpha value is -2.29. The quantitative estimate of drug-likeness (QED) is 0.816. The van der Waals surface area contributed by atoms with Gasteiger partial charge in [0.05, 0.1) is 12.1 Å². The fourth-order valence-electron chi connectivity index (χ4n) is 2.77. The second-order valence-corrected chi connectivity index (χ2v) is 6.64. The van der Waals surface area contributed by atoms with Crippen LogP contribution in [0.4, 0.5) is 23.7 Å². The van der Waals surface area contributed by atoms with Crippen molar-refractivity contribution in [2.45, 2.75) is 32.5 Å². The first-order chi connectivity index (χ1) is 12.7. The first-order valence-corrected chi connectivity index (χ1v) is 8.94. The van der Waals surface area contributed by atoms with Crippen LogP contribution >= 0.6 is 0 Å². The number of urea groups is 1. The van der Waals surface area contributed by atoms with E-state index in [9.17, 15) is 22.8 Å². The number of nitrogens with one attached hydrogen (secondary N) is 2. The van der Waals surface area contributed by atoms with Gasteiger partial charge in [-0.3, -0.25) is 15.0 Å². The van der Waals surface area contributed by atoms with E-state index < -0.39 is 23.7 Å².